The minimum Gasteiger partial charge on any atom is -0.376 e. The third-order valence-electron chi connectivity index (χ3n) is 2.58. The Balaban J connectivity index is 1.79. The molecule has 0 aromatic heterocycles. The number of alkyl halides is 1. The average molecular weight is 271 g/mol. The van der Waals surface area contributed by atoms with Crippen molar-refractivity contribution < 1.29 is 22.9 Å². The van der Waals surface area contributed by atoms with Crippen LogP contribution in [0.25, 0.3) is 0 Å². The van der Waals surface area contributed by atoms with E-state index >= 15 is 0 Å². The Morgan fingerprint density at radius 3 is 2.88 bits per heavy atom. The molecule has 2 aliphatic heterocycles. The van der Waals surface area contributed by atoms with Gasteiger partial charge in [-0.3, -0.25) is 13.6 Å². The summed E-state index contributed by atoms with van der Waals surface area (Å²) in [6.45, 7) is 1.36. The molecule has 0 saturated carbocycles. The van der Waals surface area contributed by atoms with E-state index in [4.69, 9.17) is 29.9 Å². The Hall–Kier alpha value is 0.360. The molecule has 2 saturated heterocycles. The molecular formula is C9H16ClO5P. The standard InChI is InChI=1S/C9H16ClO5P/c10-6-8-3-5-13-16(11,15-8)14-7-9-2-1-4-12-9/h8-9H,1-7H2. The summed E-state index contributed by atoms with van der Waals surface area (Å²) < 4.78 is 32.8. The highest BCUT2D eigenvalue weighted by Gasteiger charge is 2.36. The fraction of sp³-hybridized carbons (Fsp3) is 1.00. The van der Waals surface area contributed by atoms with Gasteiger partial charge in [0.2, 0.25) is 0 Å². The second-order valence-corrected chi connectivity index (χ2v) is 5.81. The molecule has 2 fully saturated rings. The van der Waals surface area contributed by atoms with Crippen molar-refractivity contribution in [1.82, 2.24) is 0 Å². The Bertz CT molecular complexity index is 269. The number of hydrogen-bond acceptors (Lipinski definition) is 5. The Labute approximate surface area is 100.0 Å². The lowest BCUT2D eigenvalue weighted by Gasteiger charge is -2.28. The maximum absolute atomic E-state index is 12.0. The maximum atomic E-state index is 12.0. The van der Waals surface area contributed by atoms with Crippen molar-refractivity contribution in [3.63, 3.8) is 0 Å². The summed E-state index contributed by atoms with van der Waals surface area (Å²) in [6, 6.07) is 0. The van der Waals surface area contributed by atoms with Crippen LogP contribution in [0, 0.1) is 0 Å². The number of hydrogen-bond donors (Lipinski definition) is 0. The topological polar surface area (TPSA) is 54.0 Å². The molecule has 7 heteroatoms. The largest absolute Gasteiger partial charge is 0.475 e. The van der Waals surface area contributed by atoms with Crippen LogP contribution in [-0.4, -0.2) is 37.9 Å². The molecule has 0 aromatic rings. The predicted octanol–water partition coefficient (Wildman–Crippen LogP) is 2.33. The molecular weight excluding hydrogens is 255 g/mol. The Kier molecular flexibility index (Phi) is 4.65. The van der Waals surface area contributed by atoms with Crippen molar-refractivity contribution in [3.05, 3.63) is 0 Å². The summed E-state index contributed by atoms with van der Waals surface area (Å²) >= 11 is 5.65. The van der Waals surface area contributed by atoms with Crippen molar-refractivity contribution in [3.8, 4) is 0 Å². The number of phosphoric acid groups is 1. The number of rotatable bonds is 4. The lowest BCUT2D eigenvalue weighted by atomic mass is 10.2. The highest BCUT2D eigenvalue weighted by molar-refractivity contribution is 7.48. The molecule has 0 spiro atoms. The summed E-state index contributed by atoms with van der Waals surface area (Å²) in [5, 5.41) is 0. The van der Waals surface area contributed by atoms with Crippen molar-refractivity contribution in [1.29, 1.82) is 0 Å². The lowest BCUT2D eigenvalue weighted by molar-refractivity contribution is 0.00887. The van der Waals surface area contributed by atoms with Crippen LogP contribution in [0.1, 0.15) is 19.3 Å². The lowest BCUT2D eigenvalue weighted by Crippen LogP contribution is -2.24. The van der Waals surface area contributed by atoms with E-state index in [1.807, 2.05) is 0 Å². The van der Waals surface area contributed by atoms with Gasteiger partial charge in [0, 0.05) is 12.5 Å². The van der Waals surface area contributed by atoms with Gasteiger partial charge in [-0.2, -0.15) is 0 Å². The van der Waals surface area contributed by atoms with E-state index in [9.17, 15) is 4.57 Å². The van der Waals surface area contributed by atoms with Crippen LogP contribution >= 0.6 is 19.4 Å². The molecule has 2 aliphatic rings. The fourth-order valence-corrected chi connectivity index (χ4v) is 3.41. The number of ether oxygens (including phenoxy) is 1. The third-order valence-corrected chi connectivity index (χ3v) is 4.45. The van der Waals surface area contributed by atoms with Gasteiger partial charge in [0.25, 0.3) is 0 Å². The first-order valence-electron chi connectivity index (χ1n) is 5.47. The highest BCUT2D eigenvalue weighted by Crippen LogP contribution is 2.53. The summed E-state index contributed by atoms with van der Waals surface area (Å²) in [5.41, 5.74) is 0. The first-order valence-corrected chi connectivity index (χ1v) is 7.46. The molecule has 0 N–H and O–H groups in total. The molecule has 2 rings (SSSR count). The third kappa shape index (κ3) is 3.42. The van der Waals surface area contributed by atoms with E-state index in [1.165, 1.54) is 0 Å². The Morgan fingerprint density at radius 2 is 2.19 bits per heavy atom. The summed E-state index contributed by atoms with van der Waals surface area (Å²) in [4.78, 5) is 0. The first-order chi connectivity index (χ1) is 7.72. The first kappa shape index (κ1) is 12.8. The second-order valence-electron chi connectivity index (χ2n) is 3.88. The van der Waals surface area contributed by atoms with Crippen LogP contribution in [0.15, 0.2) is 0 Å². The molecule has 94 valence electrons. The molecule has 0 aromatic carbocycles. The van der Waals surface area contributed by atoms with Crippen LogP contribution in [0.4, 0.5) is 0 Å². The van der Waals surface area contributed by atoms with Gasteiger partial charge in [-0.25, -0.2) is 4.57 Å². The molecule has 0 aliphatic carbocycles. The molecule has 2 heterocycles. The number of phosphoric ester groups is 1. The molecule has 3 unspecified atom stereocenters. The van der Waals surface area contributed by atoms with Crippen LogP contribution in [0.5, 0.6) is 0 Å². The number of halogens is 1. The van der Waals surface area contributed by atoms with Gasteiger partial charge >= 0.3 is 7.82 Å². The van der Waals surface area contributed by atoms with Gasteiger partial charge < -0.3 is 4.74 Å². The van der Waals surface area contributed by atoms with Crippen molar-refractivity contribution in [2.24, 2.45) is 0 Å². The van der Waals surface area contributed by atoms with Gasteiger partial charge in [0.1, 0.15) is 0 Å². The minimum atomic E-state index is -3.40. The van der Waals surface area contributed by atoms with Crippen LogP contribution in [-0.2, 0) is 22.9 Å². The van der Waals surface area contributed by atoms with Gasteiger partial charge in [-0.1, -0.05) is 0 Å². The molecule has 3 atom stereocenters. The van der Waals surface area contributed by atoms with Crippen LogP contribution < -0.4 is 0 Å². The van der Waals surface area contributed by atoms with E-state index in [1.54, 1.807) is 0 Å². The molecule has 0 amide bonds. The molecule has 16 heavy (non-hydrogen) atoms. The highest BCUT2D eigenvalue weighted by atomic mass is 35.5. The van der Waals surface area contributed by atoms with E-state index in [0.717, 1.165) is 19.4 Å². The zero-order valence-corrected chi connectivity index (χ0v) is 10.6. The average Bonchev–Trinajstić information content (AvgIpc) is 2.79. The second kappa shape index (κ2) is 5.80. The van der Waals surface area contributed by atoms with E-state index < -0.39 is 7.82 Å². The molecule has 0 bridgehead atoms. The fourth-order valence-electron chi connectivity index (χ4n) is 1.68. The SMILES string of the molecule is O=P1(OCC2CCCO2)OCCC(CCl)O1. The van der Waals surface area contributed by atoms with Crippen molar-refractivity contribution in [2.75, 3.05) is 25.7 Å². The van der Waals surface area contributed by atoms with Gasteiger partial charge in [-0.15, -0.1) is 11.6 Å². The smallest absolute Gasteiger partial charge is 0.376 e. The van der Waals surface area contributed by atoms with Gasteiger partial charge in [0.05, 0.1) is 25.4 Å². The van der Waals surface area contributed by atoms with E-state index in [2.05, 4.69) is 0 Å². The maximum Gasteiger partial charge on any atom is 0.475 e. The van der Waals surface area contributed by atoms with E-state index in [0.29, 0.717) is 18.9 Å². The van der Waals surface area contributed by atoms with Crippen molar-refractivity contribution >= 4 is 19.4 Å². The van der Waals surface area contributed by atoms with E-state index in [-0.39, 0.29) is 18.8 Å². The minimum absolute atomic E-state index is 0.00871. The predicted molar refractivity (Wildman–Crippen MR) is 58.7 cm³/mol. The summed E-state index contributed by atoms with van der Waals surface area (Å²) in [6.07, 6.45) is 2.36. The molecule has 0 radical (unpaired) electrons. The zero-order valence-electron chi connectivity index (χ0n) is 8.97. The van der Waals surface area contributed by atoms with Crippen LogP contribution in [0.2, 0.25) is 0 Å². The van der Waals surface area contributed by atoms with Crippen LogP contribution in [0.3, 0.4) is 0 Å². The van der Waals surface area contributed by atoms with Crippen molar-refractivity contribution in [2.45, 2.75) is 31.5 Å². The van der Waals surface area contributed by atoms with Gasteiger partial charge in [-0.05, 0) is 19.3 Å². The van der Waals surface area contributed by atoms with Gasteiger partial charge in [0.15, 0.2) is 0 Å². The monoisotopic (exact) mass is 270 g/mol. The normalized spacial score (nSPS) is 40.1. The zero-order chi connectivity index (χ0) is 11.4. The quantitative estimate of drug-likeness (QED) is 0.580. The Morgan fingerprint density at radius 1 is 1.31 bits per heavy atom. The molecule has 5 nitrogen and oxygen atoms in total. The summed E-state index contributed by atoms with van der Waals surface area (Å²) in [5.74, 6) is 0.302. The summed E-state index contributed by atoms with van der Waals surface area (Å²) in [7, 11) is -3.40.